The number of ether oxygens (including phenoxy) is 1. The summed E-state index contributed by atoms with van der Waals surface area (Å²) in [6.45, 7) is -1.44. The first kappa shape index (κ1) is 14.5. The molecule has 0 saturated heterocycles. The van der Waals surface area contributed by atoms with Gasteiger partial charge in [-0.05, 0) is 12.1 Å². The molecule has 0 aliphatic heterocycles. The van der Waals surface area contributed by atoms with Crippen molar-refractivity contribution >= 4 is 11.3 Å². The maximum Gasteiger partial charge on any atom is 0.411 e. The maximum absolute atomic E-state index is 11.8. The highest BCUT2D eigenvalue weighted by Gasteiger charge is 2.27. The predicted octanol–water partition coefficient (Wildman–Crippen LogP) is 2.79. The highest BCUT2D eigenvalue weighted by atomic mass is 32.1. The van der Waals surface area contributed by atoms with Crippen molar-refractivity contribution in [3.8, 4) is 16.8 Å². The summed E-state index contributed by atoms with van der Waals surface area (Å²) in [6.07, 6.45) is -4.22. The molecule has 0 spiro atoms. The van der Waals surface area contributed by atoms with Gasteiger partial charge < -0.3 is 9.26 Å². The number of halogens is 3. The molecule has 0 atom stereocenters. The van der Waals surface area contributed by atoms with Crippen molar-refractivity contribution in [3.63, 3.8) is 0 Å². The van der Waals surface area contributed by atoms with Gasteiger partial charge in [-0.15, -0.1) is 11.3 Å². The van der Waals surface area contributed by atoms with Crippen LogP contribution in [0.25, 0.3) is 10.8 Å². The molecule has 0 aromatic carbocycles. The summed E-state index contributed by atoms with van der Waals surface area (Å²) in [5.41, 5.74) is 0. The summed E-state index contributed by atoms with van der Waals surface area (Å²) in [5, 5.41) is 12.3. The minimum atomic E-state index is -4.34. The lowest BCUT2D eigenvalue weighted by molar-refractivity contribution is -0.173. The number of aromatic nitrogens is 2. The van der Waals surface area contributed by atoms with Crippen molar-refractivity contribution in [2.45, 2.75) is 12.6 Å². The van der Waals surface area contributed by atoms with Crippen LogP contribution < -0.4 is 0 Å². The predicted molar refractivity (Wildman–Crippen MR) is 62.9 cm³/mol. The second kappa shape index (κ2) is 6.02. The smallest absolute Gasteiger partial charge is 0.372 e. The lowest BCUT2D eigenvalue weighted by Crippen LogP contribution is -2.18. The number of nitrogens with zero attached hydrogens (tertiary/aromatic N) is 3. The van der Waals surface area contributed by atoms with E-state index in [-0.39, 0.29) is 24.7 Å². The zero-order chi connectivity index (χ0) is 14.6. The Morgan fingerprint density at radius 1 is 1.40 bits per heavy atom. The van der Waals surface area contributed by atoms with E-state index in [1.54, 1.807) is 12.1 Å². The summed E-state index contributed by atoms with van der Waals surface area (Å²) in [6, 6.07) is 5.27. The molecule has 0 radical (unpaired) electrons. The second-order valence-corrected chi connectivity index (χ2v) is 4.79. The van der Waals surface area contributed by atoms with Crippen LogP contribution in [0.4, 0.5) is 13.2 Å². The Balaban J connectivity index is 1.88. The zero-order valence-electron chi connectivity index (χ0n) is 9.98. The van der Waals surface area contributed by atoms with E-state index in [2.05, 4.69) is 14.9 Å². The number of thiophene rings is 1. The van der Waals surface area contributed by atoms with Crippen LogP contribution in [0, 0.1) is 11.3 Å². The quantitative estimate of drug-likeness (QED) is 0.794. The zero-order valence-corrected chi connectivity index (χ0v) is 10.8. The van der Waals surface area contributed by atoms with Crippen molar-refractivity contribution in [1.82, 2.24) is 10.1 Å². The van der Waals surface area contributed by atoms with Gasteiger partial charge >= 0.3 is 6.18 Å². The molecule has 0 aliphatic carbocycles. The third kappa shape index (κ3) is 4.04. The minimum absolute atomic E-state index is 0.121. The fourth-order valence-electron chi connectivity index (χ4n) is 1.32. The second-order valence-electron chi connectivity index (χ2n) is 3.71. The molecular weight excluding hydrogens is 295 g/mol. The molecule has 2 heterocycles. The largest absolute Gasteiger partial charge is 0.411 e. The Morgan fingerprint density at radius 3 is 2.85 bits per heavy atom. The number of rotatable bonds is 5. The number of alkyl halides is 3. The molecule has 0 unspecified atom stereocenters. The summed E-state index contributed by atoms with van der Waals surface area (Å²) in [5.74, 6) is 0.497. The Morgan fingerprint density at radius 2 is 2.20 bits per heavy atom. The Labute approximate surface area is 115 Å². The van der Waals surface area contributed by atoms with E-state index in [1.165, 1.54) is 11.3 Å². The third-order valence-corrected chi connectivity index (χ3v) is 3.11. The average Bonchev–Trinajstić information content (AvgIpc) is 3.02. The Bertz CT molecular complexity index is 615. The number of nitriles is 1. The van der Waals surface area contributed by atoms with Crippen molar-refractivity contribution < 1.29 is 22.4 Å². The van der Waals surface area contributed by atoms with Crippen LogP contribution in [0.2, 0.25) is 0 Å². The summed E-state index contributed by atoms with van der Waals surface area (Å²) in [4.78, 5) is 5.17. The molecule has 2 rings (SSSR count). The van der Waals surface area contributed by atoms with Gasteiger partial charge in [0.1, 0.15) is 17.6 Å². The van der Waals surface area contributed by atoms with Crippen LogP contribution in [-0.4, -0.2) is 29.5 Å². The molecule has 5 nitrogen and oxygen atoms in total. The topological polar surface area (TPSA) is 71.9 Å². The van der Waals surface area contributed by atoms with Gasteiger partial charge in [0.05, 0.1) is 11.5 Å². The number of hydrogen-bond donors (Lipinski definition) is 0. The van der Waals surface area contributed by atoms with Gasteiger partial charge in [-0.1, -0.05) is 5.16 Å². The van der Waals surface area contributed by atoms with Crippen molar-refractivity contribution in [1.29, 1.82) is 5.26 Å². The summed E-state index contributed by atoms with van der Waals surface area (Å²) >= 11 is 1.19. The lowest BCUT2D eigenvalue weighted by Gasteiger charge is -2.05. The van der Waals surface area contributed by atoms with Crippen molar-refractivity contribution in [3.05, 3.63) is 22.8 Å². The van der Waals surface area contributed by atoms with Gasteiger partial charge in [0.15, 0.2) is 5.82 Å². The fraction of sp³-hybridized carbons (Fsp3) is 0.364. The van der Waals surface area contributed by atoms with Crippen LogP contribution in [0.3, 0.4) is 0 Å². The van der Waals surface area contributed by atoms with Crippen molar-refractivity contribution in [2.24, 2.45) is 0 Å². The molecule has 2 aromatic rings. The molecule has 106 valence electrons. The minimum Gasteiger partial charge on any atom is -0.372 e. The van der Waals surface area contributed by atoms with E-state index in [0.29, 0.717) is 9.75 Å². The summed E-state index contributed by atoms with van der Waals surface area (Å²) in [7, 11) is 0. The average molecular weight is 303 g/mol. The molecule has 0 saturated carbocycles. The van der Waals surface area contributed by atoms with Crippen LogP contribution in [0.5, 0.6) is 0 Å². The summed E-state index contributed by atoms with van der Waals surface area (Å²) < 4.78 is 44.9. The van der Waals surface area contributed by atoms with E-state index in [4.69, 9.17) is 9.78 Å². The molecule has 0 bridgehead atoms. The Kier molecular flexibility index (Phi) is 4.36. The molecular formula is C11H8F3N3O2S. The Hall–Kier alpha value is -1.92. The standard InChI is InChI=1S/C11H8F3N3O2S/c12-11(13,14)6-18-4-3-9-16-10(19-17-9)8-2-1-7(5-15)20-8/h1-2H,3-4,6H2. The molecule has 0 N–H and O–H groups in total. The highest BCUT2D eigenvalue weighted by Crippen LogP contribution is 2.26. The molecule has 9 heteroatoms. The molecule has 20 heavy (non-hydrogen) atoms. The third-order valence-electron chi connectivity index (χ3n) is 2.13. The first-order chi connectivity index (χ1) is 9.48. The molecule has 0 aliphatic rings. The van der Waals surface area contributed by atoms with Crippen LogP contribution in [-0.2, 0) is 11.2 Å². The van der Waals surface area contributed by atoms with E-state index in [1.807, 2.05) is 6.07 Å². The van der Waals surface area contributed by atoms with Gasteiger partial charge in [-0.25, -0.2) is 0 Å². The SMILES string of the molecule is N#Cc1ccc(-c2nc(CCOCC(F)(F)F)no2)s1. The normalized spacial score (nSPS) is 11.5. The lowest BCUT2D eigenvalue weighted by atomic mass is 10.4. The number of hydrogen-bond acceptors (Lipinski definition) is 6. The van der Waals surface area contributed by atoms with Crippen LogP contribution in [0.1, 0.15) is 10.7 Å². The van der Waals surface area contributed by atoms with Crippen LogP contribution in [0.15, 0.2) is 16.7 Å². The van der Waals surface area contributed by atoms with Crippen LogP contribution >= 0.6 is 11.3 Å². The van der Waals surface area contributed by atoms with Gasteiger partial charge in [0.2, 0.25) is 0 Å². The molecule has 0 amide bonds. The monoisotopic (exact) mass is 303 g/mol. The first-order valence-electron chi connectivity index (χ1n) is 5.45. The molecule has 0 fully saturated rings. The van der Waals surface area contributed by atoms with E-state index in [9.17, 15) is 13.2 Å². The maximum atomic E-state index is 11.8. The fourth-order valence-corrected chi connectivity index (χ4v) is 2.04. The van der Waals surface area contributed by atoms with Gasteiger partial charge in [0, 0.05) is 6.42 Å². The van der Waals surface area contributed by atoms with Gasteiger partial charge in [-0.3, -0.25) is 0 Å². The van der Waals surface area contributed by atoms with Gasteiger partial charge in [0.25, 0.3) is 5.89 Å². The van der Waals surface area contributed by atoms with Gasteiger partial charge in [-0.2, -0.15) is 23.4 Å². The molecule has 2 aromatic heterocycles. The van der Waals surface area contributed by atoms with E-state index in [0.717, 1.165) is 0 Å². The highest BCUT2D eigenvalue weighted by molar-refractivity contribution is 7.15. The van der Waals surface area contributed by atoms with Crippen molar-refractivity contribution in [2.75, 3.05) is 13.2 Å². The first-order valence-corrected chi connectivity index (χ1v) is 6.27. The van der Waals surface area contributed by atoms with E-state index >= 15 is 0 Å². The van der Waals surface area contributed by atoms with E-state index < -0.39 is 12.8 Å².